The van der Waals surface area contributed by atoms with Crippen LogP contribution in [0.25, 0.3) is 0 Å². The summed E-state index contributed by atoms with van der Waals surface area (Å²) in [7, 11) is 0. The number of rotatable bonds is 6. The van der Waals surface area contributed by atoms with E-state index in [1.54, 1.807) is 24.3 Å². The molecule has 3 rings (SSSR count). The SMILES string of the molecule is O=C(OC(C(=O)NCc1ccccc1)c1ccccn1)c1ccco1. The van der Waals surface area contributed by atoms with E-state index >= 15 is 0 Å². The number of carbonyl (C=O) groups is 2. The van der Waals surface area contributed by atoms with Gasteiger partial charge in [-0.1, -0.05) is 36.4 Å². The summed E-state index contributed by atoms with van der Waals surface area (Å²) in [5.74, 6) is -1.16. The van der Waals surface area contributed by atoms with Crippen molar-refractivity contribution in [2.45, 2.75) is 12.6 Å². The molecule has 0 aliphatic rings. The number of benzene rings is 1. The Bertz CT molecular complexity index is 817. The van der Waals surface area contributed by atoms with Gasteiger partial charge in [-0.15, -0.1) is 0 Å². The lowest BCUT2D eigenvalue weighted by molar-refractivity contribution is -0.130. The molecule has 3 aromatic rings. The van der Waals surface area contributed by atoms with Crippen LogP contribution in [0.1, 0.15) is 27.9 Å². The molecule has 0 bridgehead atoms. The maximum absolute atomic E-state index is 12.6. The van der Waals surface area contributed by atoms with Crippen LogP contribution in [0, 0.1) is 0 Å². The number of aromatic nitrogens is 1. The summed E-state index contributed by atoms with van der Waals surface area (Å²) in [5.41, 5.74) is 1.28. The van der Waals surface area contributed by atoms with Crippen molar-refractivity contribution in [3.63, 3.8) is 0 Å². The summed E-state index contributed by atoms with van der Waals surface area (Å²) in [5, 5.41) is 2.76. The van der Waals surface area contributed by atoms with Gasteiger partial charge in [0.15, 0.2) is 0 Å². The first kappa shape index (κ1) is 16.4. The molecule has 0 saturated heterocycles. The van der Waals surface area contributed by atoms with E-state index in [-0.39, 0.29) is 5.76 Å². The first-order chi connectivity index (χ1) is 12.2. The Morgan fingerprint density at radius 3 is 2.52 bits per heavy atom. The molecule has 1 N–H and O–H groups in total. The number of esters is 1. The van der Waals surface area contributed by atoms with Gasteiger partial charge in [-0.3, -0.25) is 9.78 Å². The highest BCUT2D eigenvalue weighted by molar-refractivity contribution is 5.90. The monoisotopic (exact) mass is 336 g/mol. The lowest BCUT2D eigenvalue weighted by Crippen LogP contribution is -2.32. The molecule has 126 valence electrons. The number of carbonyl (C=O) groups excluding carboxylic acids is 2. The standard InChI is InChI=1S/C19H16N2O4/c22-18(21-13-14-7-2-1-3-8-14)17(15-9-4-5-11-20-15)25-19(23)16-10-6-12-24-16/h1-12,17H,13H2,(H,21,22). The largest absolute Gasteiger partial charge is 0.457 e. The first-order valence-electron chi connectivity index (χ1n) is 7.71. The average Bonchev–Trinajstić information content (AvgIpc) is 3.20. The quantitative estimate of drug-likeness (QED) is 0.700. The van der Waals surface area contributed by atoms with Crippen LogP contribution in [0.3, 0.4) is 0 Å². The fourth-order valence-electron chi connectivity index (χ4n) is 2.22. The minimum atomic E-state index is -1.16. The second-order valence-corrected chi connectivity index (χ2v) is 5.22. The lowest BCUT2D eigenvalue weighted by Gasteiger charge is -2.16. The third kappa shape index (κ3) is 4.32. The zero-order valence-corrected chi connectivity index (χ0v) is 13.3. The Balaban J connectivity index is 1.74. The Morgan fingerprint density at radius 1 is 1.04 bits per heavy atom. The topological polar surface area (TPSA) is 81.4 Å². The number of ether oxygens (including phenoxy) is 1. The molecule has 0 fully saturated rings. The van der Waals surface area contributed by atoms with E-state index < -0.39 is 18.0 Å². The number of nitrogens with one attached hydrogen (secondary N) is 1. The van der Waals surface area contributed by atoms with Gasteiger partial charge in [-0.2, -0.15) is 0 Å². The normalized spacial score (nSPS) is 11.5. The molecular weight excluding hydrogens is 320 g/mol. The molecule has 2 aromatic heterocycles. The van der Waals surface area contributed by atoms with Gasteiger partial charge in [0, 0.05) is 12.7 Å². The van der Waals surface area contributed by atoms with Crippen LogP contribution in [0.2, 0.25) is 0 Å². The van der Waals surface area contributed by atoms with E-state index in [9.17, 15) is 9.59 Å². The van der Waals surface area contributed by atoms with Crippen molar-refractivity contribution < 1.29 is 18.7 Å². The van der Waals surface area contributed by atoms with E-state index in [4.69, 9.17) is 9.15 Å². The van der Waals surface area contributed by atoms with Gasteiger partial charge in [-0.25, -0.2) is 4.79 Å². The number of nitrogens with zero attached hydrogens (tertiary/aromatic N) is 1. The van der Waals surface area contributed by atoms with E-state index in [2.05, 4.69) is 10.3 Å². The number of hydrogen-bond donors (Lipinski definition) is 1. The predicted molar refractivity (Wildman–Crippen MR) is 89.4 cm³/mol. The Kier molecular flexibility index (Phi) is 5.21. The van der Waals surface area contributed by atoms with Crippen LogP contribution >= 0.6 is 0 Å². The Morgan fingerprint density at radius 2 is 1.84 bits per heavy atom. The van der Waals surface area contributed by atoms with Gasteiger partial charge >= 0.3 is 5.97 Å². The first-order valence-corrected chi connectivity index (χ1v) is 7.71. The number of amides is 1. The second-order valence-electron chi connectivity index (χ2n) is 5.22. The summed E-state index contributed by atoms with van der Waals surface area (Å²) >= 11 is 0. The minimum Gasteiger partial charge on any atom is -0.457 e. The van der Waals surface area contributed by atoms with Gasteiger partial charge in [0.25, 0.3) is 5.91 Å². The van der Waals surface area contributed by atoms with Crippen molar-refractivity contribution in [3.05, 3.63) is 90.1 Å². The van der Waals surface area contributed by atoms with Crippen molar-refractivity contribution >= 4 is 11.9 Å². The maximum atomic E-state index is 12.6. The minimum absolute atomic E-state index is 0.0248. The highest BCUT2D eigenvalue weighted by Crippen LogP contribution is 2.18. The van der Waals surface area contributed by atoms with Gasteiger partial charge in [0.1, 0.15) is 0 Å². The number of hydrogen-bond acceptors (Lipinski definition) is 5. The number of furan rings is 1. The van der Waals surface area contributed by atoms with Crippen molar-refractivity contribution in [2.24, 2.45) is 0 Å². The van der Waals surface area contributed by atoms with Crippen LogP contribution in [0.15, 0.2) is 77.5 Å². The average molecular weight is 336 g/mol. The molecule has 0 radical (unpaired) electrons. The summed E-state index contributed by atoms with van der Waals surface area (Å²) in [6, 6.07) is 17.6. The lowest BCUT2D eigenvalue weighted by atomic mass is 10.2. The number of pyridine rings is 1. The predicted octanol–water partition coefficient (Wildman–Crippen LogP) is 2.89. The summed E-state index contributed by atoms with van der Waals surface area (Å²) in [6.07, 6.45) is 1.73. The zero-order valence-electron chi connectivity index (χ0n) is 13.3. The molecular formula is C19H16N2O4. The summed E-state index contributed by atoms with van der Waals surface area (Å²) in [6.45, 7) is 0.321. The highest BCUT2D eigenvalue weighted by Gasteiger charge is 2.27. The third-order valence-electron chi connectivity index (χ3n) is 3.45. The van der Waals surface area contributed by atoms with Gasteiger partial charge in [0.05, 0.1) is 12.0 Å². The molecule has 1 unspecified atom stereocenters. The zero-order chi connectivity index (χ0) is 17.5. The maximum Gasteiger partial charge on any atom is 0.375 e. The van der Waals surface area contributed by atoms with Gasteiger partial charge < -0.3 is 14.5 Å². The molecule has 25 heavy (non-hydrogen) atoms. The van der Waals surface area contributed by atoms with E-state index in [1.807, 2.05) is 30.3 Å². The van der Waals surface area contributed by atoms with Crippen LogP contribution < -0.4 is 5.32 Å². The van der Waals surface area contributed by atoms with Crippen LogP contribution in [0.5, 0.6) is 0 Å². The highest BCUT2D eigenvalue weighted by atomic mass is 16.6. The van der Waals surface area contributed by atoms with E-state index in [0.29, 0.717) is 12.2 Å². The van der Waals surface area contributed by atoms with Crippen molar-refractivity contribution in [3.8, 4) is 0 Å². The molecule has 1 aromatic carbocycles. The fourth-order valence-corrected chi connectivity index (χ4v) is 2.22. The molecule has 0 aliphatic heterocycles. The van der Waals surface area contributed by atoms with Gasteiger partial charge in [-0.05, 0) is 29.8 Å². The molecule has 0 aliphatic carbocycles. The summed E-state index contributed by atoms with van der Waals surface area (Å²) in [4.78, 5) is 28.8. The summed E-state index contributed by atoms with van der Waals surface area (Å²) < 4.78 is 10.3. The van der Waals surface area contributed by atoms with Crippen LogP contribution in [-0.2, 0) is 16.1 Å². The Labute approximate surface area is 144 Å². The molecule has 1 amide bonds. The van der Waals surface area contributed by atoms with Crippen molar-refractivity contribution in [1.29, 1.82) is 0 Å². The molecule has 0 saturated carbocycles. The van der Waals surface area contributed by atoms with E-state index in [0.717, 1.165) is 5.56 Å². The van der Waals surface area contributed by atoms with E-state index in [1.165, 1.54) is 18.5 Å². The van der Waals surface area contributed by atoms with Crippen LogP contribution in [0.4, 0.5) is 0 Å². The smallest absolute Gasteiger partial charge is 0.375 e. The molecule has 6 heteroatoms. The fraction of sp³-hybridized carbons (Fsp3) is 0.105. The van der Waals surface area contributed by atoms with Crippen molar-refractivity contribution in [1.82, 2.24) is 10.3 Å². The molecule has 0 spiro atoms. The van der Waals surface area contributed by atoms with Crippen molar-refractivity contribution in [2.75, 3.05) is 0 Å². The molecule has 6 nitrogen and oxygen atoms in total. The molecule has 2 heterocycles. The Hall–Kier alpha value is -3.41. The van der Waals surface area contributed by atoms with Gasteiger partial charge in [0.2, 0.25) is 11.9 Å². The second kappa shape index (κ2) is 7.92. The van der Waals surface area contributed by atoms with Crippen LogP contribution in [-0.4, -0.2) is 16.9 Å². The molecule has 1 atom stereocenters. The third-order valence-corrected chi connectivity index (χ3v) is 3.45.